The number of nitrogen functional groups attached to an aromatic ring is 1. The molecule has 5 heteroatoms. The summed E-state index contributed by atoms with van der Waals surface area (Å²) < 4.78 is 16.5. The highest BCUT2D eigenvalue weighted by Crippen LogP contribution is 2.32. The van der Waals surface area contributed by atoms with E-state index in [2.05, 4.69) is 4.98 Å². The summed E-state index contributed by atoms with van der Waals surface area (Å²) in [5.74, 6) is 2.91. The Labute approximate surface area is 123 Å². The lowest BCUT2D eigenvalue weighted by Gasteiger charge is -2.10. The van der Waals surface area contributed by atoms with Crippen LogP contribution in [-0.4, -0.2) is 18.7 Å². The molecule has 1 aromatic carbocycles. The number of aromatic nitrogens is 1. The summed E-state index contributed by atoms with van der Waals surface area (Å²) >= 11 is 0. The van der Waals surface area contributed by atoms with Crippen LogP contribution in [0.5, 0.6) is 23.3 Å². The molecule has 0 radical (unpaired) electrons. The number of hydrogen-bond acceptors (Lipinski definition) is 5. The molecule has 1 fully saturated rings. The molecule has 1 aliphatic carbocycles. The van der Waals surface area contributed by atoms with Gasteiger partial charge in [-0.05, 0) is 37.0 Å². The molecule has 0 atom stereocenters. The van der Waals surface area contributed by atoms with Gasteiger partial charge in [0.15, 0.2) is 0 Å². The van der Waals surface area contributed by atoms with Crippen LogP contribution in [-0.2, 0) is 0 Å². The second-order valence-electron chi connectivity index (χ2n) is 5.08. The van der Waals surface area contributed by atoms with Crippen molar-refractivity contribution >= 4 is 5.69 Å². The normalized spacial score (nSPS) is 13.8. The van der Waals surface area contributed by atoms with Gasteiger partial charge in [-0.2, -0.15) is 4.98 Å². The van der Waals surface area contributed by atoms with Crippen molar-refractivity contribution in [2.24, 2.45) is 5.92 Å². The average Bonchev–Trinajstić information content (AvgIpc) is 3.32. The van der Waals surface area contributed by atoms with Crippen LogP contribution in [0.3, 0.4) is 0 Å². The molecule has 2 aromatic rings. The van der Waals surface area contributed by atoms with E-state index < -0.39 is 0 Å². The van der Waals surface area contributed by atoms with Gasteiger partial charge in [-0.15, -0.1) is 0 Å². The molecule has 1 aliphatic rings. The molecule has 1 heterocycles. The number of pyridine rings is 1. The Morgan fingerprint density at radius 2 is 2.00 bits per heavy atom. The van der Waals surface area contributed by atoms with Gasteiger partial charge in [0, 0.05) is 12.1 Å². The van der Waals surface area contributed by atoms with Crippen molar-refractivity contribution in [1.82, 2.24) is 4.98 Å². The van der Waals surface area contributed by atoms with Gasteiger partial charge in [0.2, 0.25) is 11.8 Å². The van der Waals surface area contributed by atoms with Crippen LogP contribution < -0.4 is 19.9 Å². The average molecular weight is 286 g/mol. The molecule has 0 bridgehead atoms. The van der Waals surface area contributed by atoms with Gasteiger partial charge in [-0.25, -0.2) is 0 Å². The minimum Gasteiger partial charge on any atom is -0.497 e. The number of nitrogens with two attached hydrogens (primary N) is 1. The Morgan fingerprint density at radius 1 is 1.19 bits per heavy atom. The number of ether oxygens (including phenoxy) is 3. The van der Waals surface area contributed by atoms with E-state index in [1.807, 2.05) is 18.2 Å². The summed E-state index contributed by atoms with van der Waals surface area (Å²) in [6.07, 6.45) is 2.44. The maximum Gasteiger partial charge on any atom is 0.240 e. The predicted molar refractivity (Wildman–Crippen MR) is 79.9 cm³/mol. The lowest BCUT2D eigenvalue weighted by molar-refractivity contribution is 0.286. The topological polar surface area (TPSA) is 66.6 Å². The Bertz CT molecular complexity index is 627. The predicted octanol–water partition coefficient (Wildman–Crippen LogP) is 3.25. The molecule has 0 saturated heterocycles. The van der Waals surface area contributed by atoms with E-state index in [0.29, 0.717) is 35.7 Å². The molecule has 5 nitrogen and oxygen atoms in total. The van der Waals surface area contributed by atoms with Crippen LogP contribution in [0.25, 0.3) is 0 Å². The third kappa shape index (κ3) is 3.56. The van der Waals surface area contributed by atoms with Crippen molar-refractivity contribution < 1.29 is 14.2 Å². The molecule has 0 unspecified atom stereocenters. The highest BCUT2D eigenvalue weighted by Gasteiger charge is 2.22. The van der Waals surface area contributed by atoms with Gasteiger partial charge in [-0.3, -0.25) is 0 Å². The van der Waals surface area contributed by atoms with Gasteiger partial charge in [0.25, 0.3) is 0 Å². The van der Waals surface area contributed by atoms with E-state index in [4.69, 9.17) is 19.9 Å². The summed E-state index contributed by atoms with van der Waals surface area (Å²) in [5.41, 5.74) is 6.39. The molecular weight excluding hydrogens is 268 g/mol. The third-order valence-corrected chi connectivity index (χ3v) is 3.28. The molecule has 0 spiro atoms. The zero-order chi connectivity index (χ0) is 14.7. The number of rotatable bonds is 6. The monoisotopic (exact) mass is 286 g/mol. The zero-order valence-corrected chi connectivity index (χ0v) is 11.9. The Balaban J connectivity index is 1.73. The third-order valence-electron chi connectivity index (χ3n) is 3.28. The van der Waals surface area contributed by atoms with Crippen molar-refractivity contribution in [3.8, 4) is 23.3 Å². The molecule has 110 valence electrons. The summed E-state index contributed by atoms with van der Waals surface area (Å²) in [6, 6.07) is 10.8. The number of nitrogens with zero attached hydrogens (tertiary/aromatic N) is 1. The summed E-state index contributed by atoms with van der Waals surface area (Å²) in [4.78, 5) is 4.31. The van der Waals surface area contributed by atoms with Gasteiger partial charge in [0.05, 0.1) is 19.4 Å². The Kier molecular flexibility index (Phi) is 3.81. The first-order valence-electron chi connectivity index (χ1n) is 6.96. The molecule has 0 aliphatic heterocycles. The van der Waals surface area contributed by atoms with E-state index in [-0.39, 0.29) is 0 Å². The van der Waals surface area contributed by atoms with Crippen LogP contribution in [0.1, 0.15) is 12.8 Å². The summed E-state index contributed by atoms with van der Waals surface area (Å²) in [7, 11) is 1.62. The van der Waals surface area contributed by atoms with Crippen molar-refractivity contribution in [3.05, 3.63) is 36.4 Å². The van der Waals surface area contributed by atoms with Crippen LogP contribution >= 0.6 is 0 Å². The van der Waals surface area contributed by atoms with E-state index in [9.17, 15) is 0 Å². The van der Waals surface area contributed by atoms with Crippen molar-refractivity contribution in [2.75, 3.05) is 19.5 Å². The van der Waals surface area contributed by atoms with Crippen LogP contribution in [0.2, 0.25) is 0 Å². The number of anilines is 1. The van der Waals surface area contributed by atoms with Crippen molar-refractivity contribution in [3.63, 3.8) is 0 Å². The zero-order valence-electron chi connectivity index (χ0n) is 11.9. The summed E-state index contributed by atoms with van der Waals surface area (Å²) in [5, 5.41) is 0. The fourth-order valence-corrected chi connectivity index (χ4v) is 1.87. The van der Waals surface area contributed by atoms with E-state index in [1.165, 1.54) is 12.8 Å². The standard InChI is InChI=1S/C16H18N2O3/c1-19-12-3-2-4-13(9-12)21-15-8-7-14(17)16(18-15)20-10-11-5-6-11/h2-4,7-9,11H,5-6,10,17H2,1H3. The number of methoxy groups -OCH3 is 1. The molecular formula is C16H18N2O3. The molecule has 1 aromatic heterocycles. The minimum atomic E-state index is 0.433. The largest absolute Gasteiger partial charge is 0.497 e. The second kappa shape index (κ2) is 5.91. The van der Waals surface area contributed by atoms with Crippen molar-refractivity contribution in [1.29, 1.82) is 0 Å². The highest BCUT2D eigenvalue weighted by atomic mass is 16.5. The van der Waals surface area contributed by atoms with Crippen LogP contribution in [0.15, 0.2) is 36.4 Å². The molecule has 21 heavy (non-hydrogen) atoms. The maximum atomic E-state index is 5.87. The van der Waals surface area contributed by atoms with Gasteiger partial charge in [0.1, 0.15) is 11.5 Å². The van der Waals surface area contributed by atoms with Crippen LogP contribution in [0.4, 0.5) is 5.69 Å². The highest BCUT2D eigenvalue weighted by molar-refractivity contribution is 5.50. The lowest BCUT2D eigenvalue weighted by Crippen LogP contribution is -2.04. The molecule has 1 saturated carbocycles. The fourth-order valence-electron chi connectivity index (χ4n) is 1.87. The molecule has 3 rings (SSSR count). The van der Waals surface area contributed by atoms with Gasteiger partial charge in [-0.1, -0.05) is 6.07 Å². The van der Waals surface area contributed by atoms with E-state index >= 15 is 0 Å². The number of hydrogen-bond donors (Lipinski definition) is 1. The smallest absolute Gasteiger partial charge is 0.240 e. The van der Waals surface area contributed by atoms with Gasteiger partial charge < -0.3 is 19.9 Å². The summed E-state index contributed by atoms with van der Waals surface area (Å²) in [6.45, 7) is 0.666. The fraction of sp³-hybridized carbons (Fsp3) is 0.312. The van der Waals surface area contributed by atoms with E-state index in [1.54, 1.807) is 25.3 Å². The first-order valence-corrected chi connectivity index (χ1v) is 6.96. The van der Waals surface area contributed by atoms with E-state index in [0.717, 1.165) is 5.75 Å². The first kappa shape index (κ1) is 13.5. The Morgan fingerprint density at radius 3 is 2.76 bits per heavy atom. The lowest BCUT2D eigenvalue weighted by atomic mass is 10.3. The van der Waals surface area contributed by atoms with Crippen molar-refractivity contribution in [2.45, 2.75) is 12.8 Å². The first-order chi connectivity index (χ1) is 10.2. The SMILES string of the molecule is COc1cccc(Oc2ccc(N)c(OCC3CC3)n2)c1. The maximum absolute atomic E-state index is 5.87. The second-order valence-corrected chi connectivity index (χ2v) is 5.08. The number of benzene rings is 1. The molecule has 0 amide bonds. The van der Waals surface area contributed by atoms with Gasteiger partial charge >= 0.3 is 0 Å². The molecule has 2 N–H and O–H groups in total. The quantitative estimate of drug-likeness (QED) is 0.883. The Hall–Kier alpha value is -2.43. The minimum absolute atomic E-state index is 0.433. The van der Waals surface area contributed by atoms with Crippen LogP contribution in [0, 0.1) is 5.92 Å².